The highest BCUT2D eigenvalue weighted by molar-refractivity contribution is 8.00. The van der Waals surface area contributed by atoms with Crippen molar-refractivity contribution in [1.82, 2.24) is 5.32 Å². The minimum absolute atomic E-state index is 0.00941. The fraction of sp³-hybridized carbons (Fsp3) is 0.160. The Morgan fingerprint density at radius 3 is 2.24 bits per heavy atom. The molecule has 0 aliphatic carbocycles. The van der Waals surface area contributed by atoms with Gasteiger partial charge in [-0.05, 0) is 36.8 Å². The van der Waals surface area contributed by atoms with E-state index in [1.807, 2.05) is 61.5 Å². The van der Waals surface area contributed by atoms with Gasteiger partial charge in [-0.25, -0.2) is 0 Å². The summed E-state index contributed by atoms with van der Waals surface area (Å²) in [6.07, 6.45) is 0. The molecule has 0 spiro atoms. The van der Waals surface area contributed by atoms with E-state index in [9.17, 15) is 14.4 Å². The quantitative estimate of drug-likeness (QED) is 0.342. The van der Waals surface area contributed by atoms with Gasteiger partial charge in [0.15, 0.2) is 0 Å². The molecule has 8 heteroatoms. The number of hydrogen-bond donors (Lipinski definition) is 4. The third-order valence-electron chi connectivity index (χ3n) is 4.79. The van der Waals surface area contributed by atoms with Crippen LogP contribution in [0.25, 0.3) is 0 Å². The largest absolute Gasteiger partial charge is 0.375 e. The van der Waals surface area contributed by atoms with Crippen molar-refractivity contribution in [2.45, 2.75) is 17.9 Å². The van der Waals surface area contributed by atoms with E-state index in [0.717, 1.165) is 16.1 Å². The average molecular weight is 463 g/mol. The lowest BCUT2D eigenvalue weighted by Gasteiger charge is -2.17. The molecule has 3 aromatic carbocycles. The third kappa shape index (κ3) is 7.11. The molecule has 0 aromatic heterocycles. The minimum atomic E-state index is -0.413. The van der Waals surface area contributed by atoms with Crippen molar-refractivity contribution in [1.29, 1.82) is 0 Å². The zero-order valence-corrected chi connectivity index (χ0v) is 19.0. The average Bonchev–Trinajstić information content (AvgIpc) is 2.82. The number of nitrogens with one attached hydrogen (secondary N) is 3. The predicted molar refractivity (Wildman–Crippen MR) is 132 cm³/mol. The lowest BCUT2D eigenvalue weighted by atomic mass is 10.1. The maximum atomic E-state index is 12.9. The highest BCUT2D eigenvalue weighted by Crippen LogP contribution is 2.26. The molecule has 0 saturated heterocycles. The molecule has 0 fully saturated rings. The minimum Gasteiger partial charge on any atom is -0.375 e. The summed E-state index contributed by atoms with van der Waals surface area (Å²) >= 11 is 1.30. The molecule has 7 nitrogen and oxygen atoms in total. The second kappa shape index (κ2) is 11.7. The molecular weight excluding hydrogens is 436 g/mol. The fourth-order valence-electron chi connectivity index (χ4n) is 3.15. The van der Waals surface area contributed by atoms with Crippen LogP contribution in [0.2, 0.25) is 0 Å². The summed E-state index contributed by atoms with van der Waals surface area (Å²) in [5, 5.41) is 8.84. The highest BCUT2D eigenvalue weighted by atomic mass is 32.2. The first-order valence-electron chi connectivity index (χ1n) is 10.4. The number of amides is 3. The van der Waals surface area contributed by atoms with Gasteiger partial charge in [0.25, 0.3) is 5.91 Å². The normalized spacial score (nSPS) is 11.3. The van der Waals surface area contributed by atoms with Crippen LogP contribution in [-0.4, -0.2) is 30.0 Å². The monoisotopic (exact) mass is 462 g/mol. The molecule has 170 valence electrons. The Labute approximate surface area is 197 Å². The number of nitrogens with two attached hydrogens (primary N) is 1. The zero-order chi connectivity index (χ0) is 23.6. The lowest BCUT2D eigenvalue weighted by Crippen LogP contribution is -2.29. The Bertz CT molecular complexity index is 1120. The lowest BCUT2D eigenvalue weighted by molar-refractivity contribution is -0.116. The summed E-state index contributed by atoms with van der Waals surface area (Å²) in [7, 11) is 0. The van der Waals surface area contributed by atoms with Gasteiger partial charge in [-0.15, -0.1) is 11.8 Å². The molecule has 0 bridgehead atoms. The topological polar surface area (TPSA) is 113 Å². The van der Waals surface area contributed by atoms with Gasteiger partial charge < -0.3 is 21.7 Å². The van der Waals surface area contributed by atoms with E-state index in [2.05, 4.69) is 16.0 Å². The number of rotatable bonds is 10. The Balaban J connectivity index is 1.62. The SMILES string of the molecule is CC(NC(=O)c1ccccc1NC(=O)CNc1ccccc1SCC(N)=O)c1ccccc1. The van der Waals surface area contributed by atoms with Crippen LogP contribution in [0.4, 0.5) is 11.4 Å². The number of hydrogen-bond acceptors (Lipinski definition) is 5. The van der Waals surface area contributed by atoms with Gasteiger partial charge in [0.1, 0.15) is 0 Å². The molecule has 33 heavy (non-hydrogen) atoms. The van der Waals surface area contributed by atoms with E-state index in [0.29, 0.717) is 11.3 Å². The van der Waals surface area contributed by atoms with Crippen molar-refractivity contribution >= 4 is 40.9 Å². The molecule has 0 aliphatic heterocycles. The zero-order valence-electron chi connectivity index (χ0n) is 18.2. The van der Waals surface area contributed by atoms with Gasteiger partial charge in [-0.1, -0.05) is 54.6 Å². The van der Waals surface area contributed by atoms with Crippen molar-refractivity contribution in [2.75, 3.05) is 22.9 Å². The van der Waals surface area contributed by atoms with Crippen molar-refractivity contribution in [3.05, 3.63) is 90.0 Å². The van der Waals surface area contributed by atoms with Crippen molar-refractivity contribution in [3.63, 3.8) is 0 Å². The summed E-state index contributed by atoms with van der Waals surface area (Å²) in [6.45, 7) is 1.90. The van der Waals surface area contributed by atoms with Crippen LogP contribution < -0.4 is 21.7 Å². The predicted octanol–water partition coefficient (Wildman–Crippen LogP) is 3.81. The van der Waals surface area contributed by atoms with Crippen LogP contribution >= 0.6 is 11.8 Å². The van der Waals surface area contributed by atoms with Gasteiger partial charge in [0.2, 0.25) is 11.8 Å². The number of thioether (sulfide) groups is 1. The number of para-hydroxylation sites is 2. The third-order valence-corrected chi connectivity index (χ3v) is 5.89. The van der Waals surface area contributed by atoms with E-state index in [4.69, 9.17) is 5.73 Å². The number of anilines is 2. The molecule has 0 heterocycles. The highest BCUT2D eigenvalue weighted by Gasteiger charge is 2.16. The Kier molecular flexibility index (Phi) is 8.49. The first-order chi connectivity index (χ1) is 15.9. The van der Waals surface area contributed by atoms with Gasteiger partial charge in [-0.3, -0.25) is 14.4 Å². The molecule has 5 N–H and O–H groups in total. The van der Waals surface area contributed by atoms with Crippen LogP contribution in [0.1, 0.15) is 28.9 Å². The van der Waals surface area contributed by atoms with Crippen LogP contribution in [0, 0.1) is 0 Å². The molecule has 0 aliphatic rings. The Hall–Kier alpha value is -3.78. The molecule has 1 atom stereocenters. The summed E-state index contributed by atoms with van der Waals surface area (Å²) in [5.41, 5.74) is 7.75. The first kappa shape index (κ1) is 23.9. The van der Waals surface area contributed by atoms with Crippen molar-refractivity contribution in [2.24, 2.45) is 5.73 Å². The maximum absolute atomic E-state index is 12.9. The molecule has 3 aromatic rings. The first-order valence-corrected chi connectivity index (χ1v) is 11.4. The van der Waals surface area contributed by atoms with E-state index < -0.39 is 5.91 Å². The summed E-state index contributed by atoms with van der Waals surface area (Å²) in [4.78, 5) is 37.3. The van der Waals surface area contributed by atoms with Crippen LogP contribution in [0.15, 0.2) is 83.8 Å². The molecular formula is C25H26N4O3S. The molecule has 0 radical (unpaired) electrons. The van der Waals surface area contributed by atoms with Crippen LogP contribution in [0.5, 0.6) is 0 Å². The summed E-state index contributed by atoms with van der Waals surface area (Å²) < 4.78 is 0. The van der Waals surface area contributed by atoms with E-state index in [1.165, 1.54) is 11.8 Å². The van der Waals surface area contributed by atoms with Gasteiger partial charge in [0, 0.05) is 10.6 Å². The standard InChI is InChI=1S/C25H26N4O3S/c1-17(18-9-3-2-4-10-18)28-25(32)19-11-5-6-12-20(19)29-24(31)15-27-21-13-7-8-14-22(21)33-16-23(26)30/h2-14,17,27H,15-16H2,1H3,(H2,26,30)(H,28,32)(H,29,31). The Morgan fingerprint density at radius 1 is 0.879 bits per heavy atom. The molecule has 1 unspecified atom stereocenters. The summed E-state index contributed by atoms with van der Waals surface area (Å²) in [6, 6.07) is 23.7. The number of carbonyl (C=O) groups is 3. The second-order valence-corrected chi connectivity index (χ2v) is 8.32. The molecule has 3 amide bonds. The van der Waals surface area contributed by atoms with E-state index >= 15 is 0 Å². The Morgan fingerprint density at radius 2 is 1.52 bits per heavy atom. The van der Waals surface area contributed by atoms with Gasteiger partial charge in [0.05, 0.1) is 29.6 Å². The number of primary amides is 1. The van der Waals surface area contributed by atoms with Gasteiger partial charge in [-0.2, -0.15) is 0 Å². The fourth-order valence-corrected chi connectivity index (χ4v) is 3.92. The number of carbonyl (C=O) groups excluding carboxylic acids is 3. The smallest absolute Gasteiger partial charge is 0.253 e. The van der Waals surface area contributed by atoms with Crippen molar-refractivity contribution < 1.29 is 14.4 Å². The van der Waals surface area contributed by atoms with E-state index in [1.54, 1.807) is 24.3 Å². The number of benzene rings is 3. The second-order valence-electron chi connectivity index (χ2n) is 7.30. The maximum Gasteiger partial charge on any atom is 0.253 e. The van der Waals surface area contributed by atoms with E-state index in [-0.39, 0.29) is 30.2 Å². The van der Waals surface area contributed by atoms with Crippen molar-refractivity contribution in [3.8, 4) is 0 Å². The van der Waals surface area contributed by atoms with Crippen LogP contribution in [-0.2, 0) is 9.59 Å². The molecule has 3 rings (SSSR count). The molecule has 0 saturated carbocycles. The van der Waals surface area contributed by atoms with Crippen LogP contribution in [0.3, 0.4) is 0 Å². The van der Waals surface area contributed by atoms with Gasteiger partial charge >= 0.3 is 0 Å². The summed E-state index contributed by atoms with van der Waals surface area (Å²) in [5.74, 6) is -0.845.